The Kier molecular flexibility index (Phi) is 6.23. The highest BCUT2D eigenvalue weighted by atomic mass is 32.2. The lowest BCUT2D eigenvalue weighted by Crippen LogP contribution is -2.42. The molecule has 1 atom stereocenters. The summed E-state index contributed by atoms with van der Waals surface area (Å²) in [5.74, 6) is -1.20. The molecule has 3 amide bonds. The molecule has 0 aromatic heterocycles. The van der Waals surface area contributed by atoms with Crippen LogP contribution in [-0.4, -0.2) is 29.8 Å². The van der Waals surface area contributed by atoms with Gasteiger partial charge in [0.1, 0.15) is 0 Å². The number of esters is 1. The van der Waals surface area contributed by atoms with Gasteiger partial charge in [0.05, 0.1) is 5.75 Å². The van der Waals surface area contributed by atoms with Crippen molar-refractivity contribution in [3.8, 4) is 0 Å². The molecule has 0 fully saturated rings. The monoisotopic (exact) mass is 310 g/mol. The largest absolute Gasteiger partial charge is 0.452 e. The Morgan fingerprint density at radius 2 is 2.00 bits per heavy atom. The van der Waals surface area contributed by atoms with E-state index in [2.05, 4.69) is 0 Å². The maximum absolute atomic E-state index is 11.7. The Bertz CT molecular complexity index is 560. The molecule has 0 aliphatic rings. The Hall–Kier alpha value is -2.02. The van der Waals surface area contributed by atoms with Gasteiger partial charge < -0.3 is 10.5 Å². The molecule has 7 heteroatoms. The van der Waals surface area contributed by atoms with Crippen molar-refractivity contribution in [2.45, 2.75) is 31.8 Å². The van der Waals surface area contributed by atoms with Crippen molar-refractivity contribution in [2.75, 3.05) is 5.75 Å². The van der Waals surface area contributed by atoms with Gasteiger partial charge in [-0.15, -0.1) is 11.8 Å². The van der Waals surface area contributed by atoms with Gasteiger partial charge in [-0.1, -0.05) is 17.7 Å². The minimum absolute atomic E-state index is 0.0818. The predicted octanol–water partition coefficient (Wildman–Crippen LogP) is 1.52. The highest BCUT2D eigenvalue weighted by Gasteiger charge is 2.19. The lowest BCUT2D eigenvalue weighted by Gasteiger charge is -2.12. The minimum atomic E-state index is -1.07. The van der Waals surface area contributed by atoms with Gasteiger partial charge >= 0.3 is 12.0 Å². The summed E-state index contributed by atoms with van der Waals surface area (Å²) < 4.78 is 4.93. The third-order valence-corrected chi connectivity index (χ3v) is 3.74. The highest BCUT2D eigenvalue weighted by molar-refractivity contribution is 8.00. The summed E-state index contributed by atoms with van der Waals surface area (Å²) in [5, 5.41) is 1.85. The molecule has 114 valence electrons. The number of nitrogens with two attached hydrogens (primary N) is 1. The summed E-state index contributed by atoms with van der Waals surface area (Å²) in [7, 11) is 0. The number of hydrogen-bond donors (Lipinski definition) is 2. The molecule has 0 aliphatic carbocycles. The Morgan fingerprint density at radius 3 is 2.62 bits per heavy atom. The maximum Gasteiger partial charge on any atom is 0.318 e. The first-order chi connectivity index (χ1) is 9.79. The van der Waals surface area contributed by atoms with Crippen molar-refractivity contribution in [3.63, 3.8) is 0 Å². The summed E-state index contributed by atoms with van der Waals surface area (Å²) in [4.78, 5) is 34.6. The first kappa shape index (κ1) is 17.0. The van der Waals surface area contributed by atoms with Crippen LogP contribution in [0.25, 0.3) is 0 Å². The number of carbonyl (C=O) groups excluding carboxylic acids is 3. The molecule has 0 spiro atoms. The van der Waals surface area contributed by atoms with Gasteiger partial charge in [-0.3, -0.25) is 14.9 Å². The lowest BCUT2D eigenvalue weighted by atomic mass is 10.2. The normalized spacial score (nSPS) is 11.6. The van der Waals surface area contributed by atoms with Gasteiger partial charge in [0, 0.05) is 4.90 Å². The van der Waals surface area contributed by atoms with Crippen LogP contribution in [0.2, 0.25) is 0 Å². The number of imide groups is 1. The fourth-order valence-electron chi connectivity index (χ4n) is 1.51. The zero-order chi connectivity index (χ0) is 16.0. The first-order valence-corrected chi connectivity index (χ1v) is 7.28. The summed E-state index contributed by atoms with van der Waals surface area (Å²) in [6, 6.07) is 4.98. The molecule has 0 unspecified atom stereocenters. The number of benzene rings is 1. The number of rotatable bonds is 5. The zero-order valence-electron chi connectivity index (χ0n) is 12.1. The van der Waals surface area contributed by atoms with Crippen molar-refractivity contribution < 1.29 is 19.1 Å². The molecular weight excluding hydrogens is 292 g/mol. The average Bonchev–Trinajstić information content (AvgIpc) is 2.39. The van der Waals surface area contributed by atoms with Crippen molar-refractivity contribution in [1.82, 2.24) is 5.32 Å². The van der Waals surface area contributed by atoms with E-state index in [1.54, 1.807) is 0 Å². The van der Waals surface area contributed by atoms with Crippen LogP contribution >= 0.6 is 11.8 Å². The van der Waals surface area contributed by atoms with E-state index in [-0.39, 0.29) is 5.75 Å². The molecule has 0 saturated heterocycles. The van der Waals surface area contributed by atoms with Gasteiger partial charge in [-0.05, 0) is 32.4 Å². The van der Waals surface area contributed by atoms with Crippen LogP contribution in [0.15, 0.2) is 23.1 Å². The number of nitrogens with one attached hydrogen (secondary N) is 1. The topological polar surface area (TPSA) is 98.5 Å². The van der Waals surface area contributed by atoms with Crippen LogP contribution in [0.1, 0.15) is 18.1 Å². The molecule has 21 heavy (non-hydrogen) atoms. The predicted molar refractivity (Wildman–Crippen MR) is 79.9 cm³/mol. The van der Waals surface area contributed by atoms with Crippen LogP contribution in [0.5, 0.6) is 0 Å². The zero-order valence-corrected chi connectivity index (χ0v) is 13.0. The second-order valence-electron chi connectivity index (χ2n) is 4.54. The molecule has 3 N–H and O–H groups in total. The van der Waals surface area contributed by atoms with Crippen LogP contribution in [0.4, 0.5) is 4.79 Å². The average molecular weight is 310 g/mol. The maximum atomic E-state index is 11.7. The second-order valence-corrected chi connectivity index (χ2v) is 5.56. The molecule has 0 saturated carbocycles. The Balaban J connectivity index is 2.49. The Morgan fingerprint density at radius 1 is 1.33 bits per heavy atom. The van der Waals surface area contributed by atoms with Gasteiger partial charge in [-0.2, -0.15) is 0 Å². The number of primary amides is 1. The molecular formula is C14H18N2O4S. The molecule has 1 aromatic carbocycles. The van der Waals surface area contributed by atoms with Gasteiger partial charge in [-0.25, -0.2) is 4.79 Å². The van der Waals surface area contributed by atoms with Crippen molar-refractivity contribution in [1.29, 1.82) is 0 Å². The minimum Gasteiger partial charge on any atom is -0.452 e. The summed E-state index contributed by atoms with van der Waals surface area (Å²) in [5.41, 5.74) is 6.98. The van der Waals surface area contributed by atoms with E-state index in [0.717, 1.165) is 16.0 Å². The van der Waals surface area contributed by atoms with E-state index in [0.29, 0.717) is 0 Å². The highest BCUT2D eigenvalue weighted by Crippen LogP contribution is 2.23. The number of ether oxygens (including phenoxy) is 1. The summed E-state index contributed by atoms with van der Waals surface area (Å²) >= 11 is 1.34. The number of amides is 3. The Labute approximate surface area is 127 Å². The van der Waals surface area contributed by atoms with E-state index >= 15 is 0 Å². The van der Waals surface area contributed by atoms with Gasteiger partial charge in [0.2, 0.25) is 0 Å². The van der Waals surface area contributed by atoms with Crippen molar-refractivity contribution >= 4 is 29.7 Å². The van der Waals surface area contributed by atoms with E-state index in [1.165, 1.54) is 18.7 Å². The van der Waals surface area contributed by atoms with Gasteiger partial charge in [0.25, 0.3) is 5.91 Å². The van der Waals surface area contributed by atoms with Gasteiger partial charge in [0.15, 0.2) is 6.10 Å². The van der Waals surface area contributed by atoms with Crippen molar-refractivity contribution in [3.05, 3.63) is 29.3 Å². The number of carbonyl (C=O) groups is 3. The van der Waals surface area contributed by atoms with Crippen LogP contribution in [-0.2, 0) is 14.3 Å². The van der Waals surface area contributed by atoms with Crippen LogP contribution in [0.3, 0.4) is 0 Å². The number of thioether (sulfide) groups is 1. The van der Waals surface area contributed by atoms with Crippen LogP contribution < -0.4 is 11.1 Å². The van der Waals surface area contributed by atoms with Crippen molar-refractivity contribution in [2.24, 2.45) is 5.73 Å². The number of urea groups is 1. The van der Waals surface area contributed by atoms with E-state index in [1.807, 2.05) is 37.4 Å². The molecule has 6 nitrogen and oxygen atoms in total. The molecule has 0 aliphatic heterocycles. The van der Waals surface area contributed by atoms with Crippen LogP contribution in [0, 0.1) is 13.8 Å². The molecule has 0 bridgehead atoms. The molecule has 1 aromatic rings. The van der Waals surface area contributed by atoms with E-state index < -0.39 is 24.0 Å². The lowest BCUT2D eigenvalue weighted by molar-refractivity contribution is -0.151. The third kappa shape index (κ3) is 5.86. The molecule has 1 rings (SSSR count). The second kappa shape index (κ2) is 7.68. The summed E-state index contributed by atoms with van der Waals surface area (Å²) in [6.45, 7) is 5.30. The van der Waals surface area contributed by atoms with E-state index in [9.17, 15) is 14.4 Å². The SMILES string of the molecule is Cc1ccc(C)c(SCC(=O)O[C@H](C)C(=O)NC(N)=O)c1. The fraction of sp³-hybridized carbons (Fsp3) is 0.357. The number of aryl methyl sites for hydroxylation is 2. The number of hydrogen-bond acceptors (Lipinski definition) is 5. The van der Waals surface area contributed by atoms with E-state index in [4.69, 9.17) is 10.5 Å². The molecule has 0 heterocycles. The molecule has 0 radical (unpaired) electrons. The smallest absolute Gasteiger partial charge is 0.318 e. The summed E-state index contributed by atoms with van der Waals surface area (Å²) in [6.07, 6.45) is -1.07. The first-order valence-electron chi connectivity index (χ1n) is 6.29. The standard InChI is InChI=1S/C14H18N2O4S/c1-8-4-5-9(2)11(6-8)21-7-12(17)20-10(3)13(18)16-14(15)19/h4-6,10H,7H2,1-3H3,(H3,15,16,18,19)/t10-/m1/s1. The fourth-order valence-corrected chi connectivity index (χ4v) is 2.41. The third-order valence-electron chi connectivity index (χ3n) is 2.61. The quantitative estimate of drug-likeness (QED) is 0.634.